The molecule has 1 N–H and O–H groups in total. The van der Waals surface area contributed by atoms with Crippen molar-refractivity contribution in [2.24, 2.45) is 0 Å². The van der Waals surface area contributed by atoms with E-state index >= 15 is 0 Å². The van der Waals surface area contributed by atoms with E-state index < -0.39 is 10.8 Å². The Bertz CT molecular complexity index is 403. The predicted molar refractivity (Wildman–Crippen MR) is 73.9 cm³/mol. The maximum absolute atomic E-state index is 11.7. The number of carbonyl (C=O) groups is 1. The number of amides is 1. The van der Waals surface area contributed by atoms with Gasteiger partial charge in [-0.25, -0.2) is 0 Å². The van der Waals surface area contributed by atoms with Crippen molar-refractivity contribution >= 4 is 29.3 Å². The van der Waals surface area contributed by atoms with Gasteiger partial charge < -0.3 is 5.32 Å². The monoisotopic (exact) mass is 271 g/mol. The highest BCUT2D eigenvalue weighted by molar-refractivity contribution is 7.84. The molecule has 1 amide bonds. The molecule has 0 aliphatic carbocycles. The van der Waals surface area contributed by atoms with E-state index in [4.69, 9.17) is 0 Å². The fourth-order valence-electron chi connectivity index (χ4n) is 1.52. The van der Waals surface area contributed by atoms with Gasteiger partial charge in [0.15, 0.2) is 0 Å². The molecule has 0 saturated carbocycles. The zero-order valence-electron chi connectivity index (χ0n) is 9.97. The molecule has 0 aromatic heterocycles. The van der Waals surface area contributed by atoms with Crippen molar-refractivity contribution in [3.05, 3.63) is 29.8 Å². The average Bonchev–Trinajstić information content (AvgIpc) is 2.19. The maximum Gasteiger partial charge on any atom is 0.224 e. The summed E-state index contributed by atoms with van der Waals surface area (Å²) in [6.45, 7) is 1.86. The van der Waals surface area contributed by atoms with Crippen molar-refractivity contribution in [2.75, 3.05) is 12.0 Å². The van der Waals surface area contributed by atoms with Gasteiger partial charge in [-0.05, 0) is 24.6 Å². The fraction of sp³-hybridized carbons (Fsp3) is 0.417. The summed E-state index contributed by atoms with van der Waals surface area (Å²) in [6.07, 6.45) is 1.98. The zero-order valence-corrected chi connectivity index (χ0v) is 11.7. The van der Waals surface area contributed by atoms with Gasteiger partial charge in [0.25, 0.3) is 0 Å². The van der Waals surface area contributed by atoms with E-state index in [-0.39, 0.29) is 11.9 Å². The summed E-state index contributed by atoms with van der Waals surface area (Å²) in [4.78, 5) is 12.5. The molecule has 0 heterocycles. The summed E-state index contributed by atoms with van der Waals surface area (Å²) in [7, 11) is -0.886. The molecule has 1 rings (SSSR count). The molecule has 94 valence electrons. The fourth-order valence-corrected chi connectivity index (χ4v) is 2.46. The van der Waals surface area contributed by atoms with Crippen molar-refractivity contribution in [3.63, 3.8) is 0 Å². The standard InChI is InChI=1S/C12H17NO2S2/c1-9(8-17(2)15)13-12(14)7-10-3-5-11(16)6-4-10/h3-6,9,16H,7-8H2,1-2H3,(H,13,14). The van der Waals surface area contributed by atoms with Gasteiger partial charge >= 0.3 is 0 Å². The molecule has 1 aromatic carbocycles. The molecule has 1 aromatic rings. The number of hydrogen-bond donors (Lipinski definition) is 2. The molecule has 0 bridgehead atoms. The third-order valence-electron chi connectivity index (χ3n) is 2.19. The lowest BCUT2D eigenvalue weighted by molar-refractivity contribution is -0.120. The Morgan fingerprint density at radius 1 is 1.41 bits per heavy atom. The van der Waals surface area contributed by atoms with E-state index in [0.29, 0.717) is 12.2 Å². The minimum atomic E-state index is -0.886. The van der Waals surface area contributed by atoms with Crippen LogP contribution in [0.1, 0.15) is 12.5 Å². The average molecular weight is 271 g/mol. The molecule has 3 nitrogen and oxygen atoms in total. The van der Waals surface area contributed by atoms with Gasteiger partial charge in [-0.1, -0.05) is 12.1 Å². The van der Waals surface area contributed by atoms with Crippen molar-refractivity contribution in [2.45, 2.75) is 24.3 Å². The second-order valence-corrected chi connectivity index (χ2v) is 6.05. The summed E-state index contributed by atoms with van der Waals surface area (Å²) < 4.78 is 11.0. The lowest BCUT2D eigenvalue weighted by Crippen LogP contribution is -2.37. The van der Waals surface area contributed by atoms with Crippen LogP contribution in [0.5, 0.6) is 0 Å². The number of rotatable bonds is 5. The van der Waals surface area contributed by atoms with Crippen LogP contribution < -0.4 is 5.32 Å². The SMILES string of the molecule is CC(CS(C)=O)NC(=O)Cc1ccc(S)cc1. The minimum absolute atomic E-state index is 0.0464. The van der Waals surface area contributed by atoms with E-state index in [0.717, 1.165) is 10.5 Å². The van der Waals surface area contributed by atoms with Crippen LogP contribution in [-0.2, 0) is 22.0 Å². The van der Waals surface area contributed by atoms with Crippen LogP contribution in [-0.4, -0.2) is 28.2 Å². The summed E-state index contributed by atoms with van der Waals surface area (Å²) in [5.41, 5.74) is 0.949. The second-order valence-electron chi connectivity index (χ2n) is 4.05. The van der Waals surface area contributed by atoms with Crippen LogP contribution in [0.3, 0.4) is 0 Å². The Morgan fingerprint density at radius 2 is 2.00 bits per heavy atom. The van der Waals surface area contributed by atoms with E-state index in [1.54, 1.807) is 6.26 Å². The van der Waals surface area contributed by atoms with Gasteiger partial charge in [-0.15, -0.1) is 12.6 Å². The molecule has 0 fully saturated rings. The third kappa shape index (κ3) is 5.89. The lowest BCUT2D eigenvalue weighted by atomic mass is 10.1. The Labute approximate surface area is 110 Å². The van der Waals surface area contributed by atoms with Crippen LogP contribution in [0.4, 0.5) is 0 Å². The van der Waals surface area contributed by atoms with Crippen LogP contribution >= 0.6 is 12.6 Å². The molecule has 0 spiro atoms. The van der Waals surface area contributed by atoms with Crippen LogP contribution in [0, 0.1) is 0 Å². The van der Waals surface area contributed by atoms with Gasteiger partial charge in [0.2, 0.25) is 5.91 Å². The second kappa shape index (κ2) is 6.81. The first kappa shape index (κ1) is 14.3. The van der Waals surface area contributed by atoms with E-state index in [1.807, 2.05) is 31.2 Å². The number of carbonyl (C=O) groups excluding carboxylic acids is 1. The molecule has 2 atom stereocenters. The molecular weight excluding hydrogens is 254 g/mol. The third-order valence-corrected chi connectivity index (χ3v) is 3.46. The van der Waals surface area contributed by atoms with E-state index in [9.17, 15) is 9.00 Å². The normalized spacial score (nSPS) is 14.1. The molecule has 17 heavy (non-hydrogen) atoms. The van der Waals surface area contributed by atoms with E-state index in [1.165, 1.54) is 0 Å². The largest absolute Gasteiger partial charge is 0.352 e. The zero-order chi connectivity index (χ0) is 12.8. The van der Waals surface area contributed by atoms with Gasteiger partial charge in [-0.3, -0.25) is 9.00 Å². The molecular formula is C12H17NO2S2. The first-order valence-electron chi connectivity index (χ1n) is 5.34. The Morgan fingerprint density at radius 3 is 2.53 bits per heavy atom. The van der Waals surface area contributed by atoms with Crippen LogP contribution in [0.25, 0.3) is 0 Å². The van der Waals surface area contributed by atoms with Crippen molar-refractivity contribution in [3.8, 4) is 0 Å². The highest BCUT2D eigenvalue weighted by Crippen LogP contribution is 2.08. The quantitative estimate of drug-likeness (QED) is 0.795. The minimum Gasteiger partial charge on any atom is -0.352 e. The lowest BCUT2D eigenvalue weighted by Gasteiger charge is -2.12. The van der Waals surface area contributed by atoms with Crippen molar-refractivity contribution in [1.29, 1.82) is 0 Å². The molecule has 0 aliphatic heterocycles. The first-order chi connectivity index (χ1) is 7.97. The molecule has 0 saturated heterocycles. The highest BCUT2D eigenvalue weighted by Gasteiger charge is 2.09. The number of benzene rings is 1. The first-order valence-corrected chi connectivity index (χ1v) is 7.52. The topological polar surface area (TPSA) is 46.2 Å². The molecule has 5 heteroatoms. The maximum atomic E-state index is 11.7. The van der Waals surface area contributed by atoms with Crippen molar-refractivity contribution in [1.82, 2.24) is 5.32 Å². The van der Waals surface area contributed by atoms with Crippen LogP contribution in [0.2, 0.25) is 0 Å². The smallest absolute Gasteiger partial charge is 0.224 e. The number of thiol groups is 1. The molecule has 0 radical (unpaired) electrons. The number of hydrogen-bond acceptors (Lipinski definition) is 3. The Hall–Kier alpha value is -0.810. The van der Waals surface area contributed by atoms with Gasteiger partial charge in [-0.2, -0.15) is 0 Å². The van der Waals surface area contributed by atoms with Gasteiger partial charge in [0.1, 0.15) is 0 Å². The van der Waals surface area contributed by atoms with E-state index in [2.05, 4.69) is 17.9 Å². The van der Waals surface area contributed by atoms with Gasteiger partial charge in [0.05, 0.1) is 6.42 Å². The van der Waals surface area contributed by atoms with Crippen LogP contribution in [0.15, 0.2) is 29.2 Å². The van der Waals surface area contributed by atoms with Crippen molar-refractivity contribution < 1.29 is 9.00 Å². The summed E-state index contributed by atoms with van der Waals surface area (Å²) >= 11 is 4.18. The summed E-state index contributed by atoms with van der Waals surface area (Å²) in [5.74, 6) is 0.441. The molecule has 2 unspecified atom stereocenters. The van der Waals surface area contributed by atoms with Gasteiger partial charge in [0, 0.05) is 33.7 Å². The molecule has 0 aliphatic rings. The number of nitrogens with one attached hydrogen (secondary N) is 1. The summed E-state index contributed by atoms with van der Waals surface area (Å²) in [6, 6.07) is 7.42. The highest BCUT2D eigenvalue weighted by atomic mass is 32.2. The summed E-state index contributed by atoms with van der Waals surface area (Å²) in [5, 5.41) is 2.82. The Balaban J connectivity index is 2.44. The predicted octanol–water partition coefficient (Wildman–Crippen LogP) is 1.40. The Kier molecular flexibility index (Phi) is 5.71.